The molecule has 44 heavy (non-hydrogen) atoms. The van der Waals surface area contributed by atoms with Gasteiger partial charge in [0.25, 0.3) is 0 Å². The number of aliphatic hydroxyl groups excluding tert-OH is 2. The van der Waals surface area contributed by atoms with Gasteiger partial charge >= 0.3 is 11.9 Å². The highest BCUT2D eigenvalue weighted by Crippen LogP contribution is 2.45. The number of azide groups is 1. The van der Waals surface area contributed by atoms with Crippen molar-refractivity contribution in [1.82, 2.24) is 29.7 Å². The molecule has 0 radical (unpaired) electrons. The number of unbranched alkanes of at least 4 members (excludes halogenated alkanes) is 2. The summed E-state index contributed by atoms with van der Waals surface area (Å²) < 4.78 is 31.8. The standard InChI is InChI=1S/C25H39N10O8P/c1-5-7-10-41-23(38)15(3)31-44(40,32-16(4)24(39)42-11-8-6-2)12-9-25(33-34-27)19(37)18(36)22(43-25)35-14-30-17-20(26)28-13-29-21(17)35/h9,12-16,18-19,22,36-37H,5-8,10-11H2,1-4H3,(H2,26,28,29)(H2,31,32,40)/b12-9+/t15-,16+,18-,19+,22-,25?,44?/m1/s1. The molecule has 1 aliphatic rings. The molecular formula is C25H39N10O8P. The van der Waals surface area contributed by atoms with Gasteiger partial charge in [0, 0.05) is 10.7 Å². The monoisotopic (exact) mass is 638 g/mol. The SMILES string of the molecule is CCCCOC(=O)[C@H](C)NP(=O)(/C=C/C1(N=[N+]=[N-])O[C@@H](n2cnc3c(N)ncnc32)[C@H](O)[C@@H]1O)N[C@H](C)C(=O)OCCCC. The van der Waals surface area contributed by atoms with Crippen LogP contribution >= 0.6 is 7.44 Å². The van der Waals surface area contributed by atoms with E-state index in [0.717, 1.165) is 24.7 Å². The van der Waals surface area contributed by atoms with Crippen molar-refractivity contribution in [2.24, 2.45) is 5.11 Å². The fraction of sp³-hybridized carbons (Fsp3) is 0.640. The number of esters is 2. The first kappa shape index (κ1) is 34.9. The number of carbonyl (C=O) groups is 2. The van der Waals surface area contributed by atoms with Crippen molar-refractivity contribution in [3.63, 3.8) is 0 Å². The summed E-state index contributed by atoms with van der Waals surface area (Å²) in [4.78, 5) is 40.0. The van der Waals surface area contributed by atoms with Gasteiger partial charge in [-0.05, 0) is 38.3 Å². The van der Waals surface area contributed by atoms with Gasteiger partial charge in [0.15, 0.2) is 23.4 Å². The summed E-state index contributed by atoms with van der Waals surface area (Å²) in [6.45, 7) is 7.02. The third kappa shape index (κ3) is 8.09. The smallest absolute Gasteiger partial charge is 0.323 e. The molecule has 1 saturated heterocycles. The molecule has 0 aliphatic carbocycles. The molecule has 0 amide bonds. The van der Waals surface area contributed by atoms with E-state index >= 15 is 0 Å². The summed E-state index contributed by atoms with van der Waals surface area (Å²) in [6.07, 6.45) is 1.29. The number of nitrogens with zero attached hydrogens (tertiary/aromatic N) is 7. The summed E-state index contributed by atoms with van der Waals surface area (Å²) in [5, 5.41) is 30.9. The number of rotatable bonds is 16. The second-order valence-electron chi connectivity index (χ2n) is 10.2. The fourth-order valence-corrected chi connectivity index (χ4v) is 6.27. The van der Waals surface area contributed by atoms with Crippen LogP contribution < -0.4 is 15.9 Å². The van der Waals surface area contributed by atoms with Crippen molar-refractivity contribution in [2.45, 2.75) is 89.6 Å². The molecule has 19 heteroatoms. The minimum atomic E-state index is -4.10. The van der Waals surface area contributed by atoms with E-state index in [1.54, 1.807) is 0 Å². The average molecular weight is 639 g/mol. The molecule has 2 aromatic rings. The number of hydrogen-bond donors (Lipinski definition) is 5. The Kier molecular flexibility index (Phi) is 12.2. The van der Waals surface area contributed by atoms with Gasteiger partial charge in [0.2, 0.25) is 7.44 Å². The lowest BCUT2D eigenvalue weighted by atomic mass is 10.1. The number of nitrogen functional groups attached to an aromatic ring is 1. The van der Waals surface area contributed by atoms with Gasteiger partial charge in [0.05, 0.1) is 19.5 Å². The van der Waals surface area contributed by atoms with Crippen LogP contribution in [-0.2, 0) is 28.4 Å². The van der Waals surface area contributed by atoms with Crippen LogP contribution in [0.1, 0.15) is 59.6 Å². The first-order valence-corrected chi connectivity index (χ1v) is 15.9. The molecule has 3 heterocycles. The van der Waals surface area contributed by atoms with Crippen LogP contribution in [0.5, 0.6) is 0 Å². The zero-order valence-electron chi connectivity index (χ0n) is 24.9. The van der Waals surface area contributed by atoms with Crippen molar-refractivity contribution < 1.29 is 38.6 Å². The molecule has 6 N–H and O–H groups in total. The van der Waals surface area contributed by atoms with Gasteiger partial charge in [0.1, 0.15) is 36.1 Å². The predicted molar refractivity (Wildman–Crippen MR) is 157 cm³/mol. The van der Waals surface area contributed by atoms with Crippen molar-refractivity contribution in [3.8, 4) is 0 Å². The van der Waals surface area contributed by atoms with Crippen LogP contribution in [0, 0.1) is 0 Å². The predicted octanol–water partition coefficient (Wildman–Crippen LogP) is 2.02. The van der Waals surface area contributed by atoms with E-state index in [0.29, 0.717) is 12.8 Å². The third-order valence-corrected chi connectivity index (χ3v) is 8.81. The lowest BCUT2D eigenvalue weighted by Crippen LogP contribution is -2.42. The van der Waals surface area contributed by atoms with E-state index in [1.165, 1.54) is 31.1 Å². The van der Waals surface area contributed by atoms with Crippen LogP contribution in [0.4, 0.5) is 5.82 Å². The van der Waals surface area contributed by atoms with Crippen molar-refractivity contribution in [2.75, 3.05) is 18.9 Å². The minimum absolute atomic E-state index is 0.0609. The number of anilines is 1. The first-order valence-electron chi connectivity index (χ1n) is 14.1. The molecular weight excluding hydrogens is 599 g/mol. The zero-order valence-corrected chi connectivity index (χ0v) is 25.8. The van der Waals surface area contributed by atoms with Gasteiger partial charge in [-0.3, -0.25) is 18.7 Å². The summed E-state index contributed by atoms with van der Waals surface area (Å²) in [6, 6.07) is -2.24. The number of fused-ring (bicyclic) bond motifs is 1. The normalized spacial score (nSPS) is 24.5. The molecule has 2 aromatic heterocycles. The van der Waals surface area contributed by atoms with E-state index < -0.39 is 55.6 Å². The van der Waals surface area contributed by atoms with E-state index in [4.69, 9.17) is 19.9 Å². The zero-order chi connectivity index (χ0) is 32.5. The lowest BCUT2D eigenvalue weighted by molar-refractivity contribution is -0.145. The molecule has 242 valence electrons. The Hall–Kier alpha value is -3.63. The Morgan fingerprint density at radius 1 is 1.18 bits per heavy atom. The molecule has 7 atom stereocenters. The Morgan fingerprint density at radius 3 is 2.32 bits per heavy atom. The summed E-state index contributed by atoms with van der Waals surface area (Å²) >= 11 is 0. The van der Waals surface area contributed by atoms with Gasteiger partial charge < -0.3 is 30.2 Å². The first-order chi connectivity index (χ1) is 20.9. The molecule has 0 spiro atoms. The highest BCUT2D eigenvalue weighted by molar-refractivity contribution is 7.63. The fourth-order valence-electron chi connectivity index (χ4n) is 4.23. The topological polar surface area (TPSA) is 262 Å². The quantitative estimate of drug-likeness (QED) is 0.0440. The third-order valence-electron chi connectivity index (χ3n) is 6.70. The number of ether oxygens (including phenoxy) is 3. The highest BCUT2D eigenvalue weighted by atomic mass is 31.2. The molecule has 18 nitrogen and oxygen atoms in total. The number of aromatic nitrogens is 4. The van der Waals surface area contributed by atoms with Gasteiger partial charge in [-0.2, -0.15) is 0 Å². The number of nitrogens with one attached hydrogen (secondary N) is 2. The molecule has 2 unspecified atom stereocenters. The highest BCUT2D eigenvalue weighted by Gasteiger charge is 2.54. The maximum atomic E-state index is 14.2. The van der Waals surface area contributed by atoms with Crippen molar-refractivity contribution in [1.29, 1.82) is 0 Å². The van der Waals surface area contributed by atoms with E-state index in [-0.39, 0.29) is 30.2 Å². The van der Waals surface area contributed by atoms with Crippen molar-refractivity contribution in [3.05, 3.63) is 35.0 Å². The number of nitrogens with two attached hydrogens (primary N) is 1. The van der Waals surface area contributed by atoms with Crippen LogP contribution in [0.2, 0.25) is 0 Å². The molecule has 1 aliphatic heterocycles. The maximum absolute atomic E-state index is 14.2. The van der Waals surface area contributed by atoms with Gasteiger partial charge in [-0.15, -0.1) is 0 Å². The Labute approximate surface area is 253 Å². The van der Waals surface area contributed by atoms with E-state index in [9.17, 15) is 29.9 Å². The summed E-state index contributed by atoms with van der Waals surface area (Å²) in [5.41, 5.74) is 13.3. The molecule has 1 fully saturated rings. The number of aliphatic hydroxyl groups is 2. The number of carbonyl (C=O) groups excluding carboxylic acids is 2. The van der Waals surface area contributed by atoms with Crippen molar-refractivity contribution >= 4 is 36.4 Å². The van der Waals surface area contributed by atoms with E-state index in [2.05, 4.69) is 35.2 Å². The number of imidazole rings is 1. The summed E-state index contributed by atoms with van der Waals surface area (Å²) in [7, 11) is -4.10. The number of hydrogen-bond acceptors (Lipinski definition) is 13. The Morgan fingerprint density at radius 2 is 1.77 bits per heavy atom. The second kappa shape index (κ2) is 15.4. The second-order valence-corrected chi connectivity index (χ2v) is 12.3. The largest absolute Gasteiger partial charge is 0.465 e. The Bertz CT molecular complexity index is 1400. The molecule has 3 rings (SSSR count). The van der Waals surface area contributed by atoms with Crippen LogP contribution in [0.25, 0.3) is 21.6 Å². The molecule has 0 bridgehead atoms. The van der Waals surface area contributed by atoms with Crippen LogP contribution in [0.3, 0.4) is 0 Å². The minimum Gasteiger partial charge on any atom is -0.465 e. The average Bonchev–Trinajstić information content (AvgIpc) is 3.52. The summed E-state index contributed by atoms with van der Waals surface area (Å²) in [5.74, 6) is -0.348. The molecule has 0 aromatic carbocycles. The lowest BCUT2D eigenvalue weighted by Gasteiger charge is -2.27. The van der Waals surface area contributed by atoms with E-state index in [1.807, 2.05) is 13.8 Å². The van der Waals surface area contributed by atoms with Gasteiger partial charge in [-0.1, -0.05) is 31.8 Å². The van der Waals surface area contributed by atoms with Crippen LogP contribution in [-0.4, -0.2) is 84.9 Å². The molecule has 0 saturated carbocycles. The van der Waals surface area contributed by atoms with Crippen LogP contribution in [0.15, 0.2) is 29.7 Å². The Balaban J connectivity index is 1.95. The van der Waals surface area contributed by atoms with Gasteiger partial charge in [-0.25, -0.2) is 25.1 Å². The maximum Gasteiger partial charge on any atom is 0.323 e.